The molecule has 6 nitrogen and oxygen atoms in total. The highest BCUT2D eigenvalue weighted by Gasteiger charge is 2.48. The number of aryl methyl sites for hydroxylation is 1. The fraction of sp³-hybridized carbons (Fsp3) is 0.591. The third kappa shape index (κ3) is 3.40. The minimum Gasteiger partial charge on any atom is -0.497 e. The minimum atomic E-state index is 0.113. The van der Waals surface area contributed by atoms with Crippen molar-refractivity contribution < 1.29 is 14.1 Å². The zero-order chi connectivity index (χ0) is 19.1. The third-order valence-corrected chi connectivity index (χ3v) is 6.94. The third-order valence-electron chi connectivity index (χ3n) is 6.94. The molecule has 6 heteroatoms. The Hall–Kier alpha value is -2.37. The van der Waals surface area contributed by atoms with Gasteiger partial charge < -0.3 is 14.6 Å². The van der Waals surface area contributed by atoms with Crippen molar-refractivity contribution in [3.8, 4) is 17.1 Å². The molecule has 4 aliphatic carbocycles. The lowest BCUT2D eigenvalue weighted by Gasteiger charge is -2.54. The number of rotatable bonds is 6. The van der Waals surface area contributed by atoms with Crippen molar-refractivity contribution in [2.75, 3.05) is 7.11 Å². The molecule has 4 aliphatic rings. The average Bonchev–Trinajstić information content (AvgIpc) is 3.18. The van der Waals surface area contributed by atoms with Crippen molar-refractivity contribution in [3.05, 3.63) is 30.2 Å². The first-order valence-corrected chi connectivity index (χ1v) is 10.4. The fourth-order valence-corrected chi connectivity index (χ4v) is 5.85. The molecule has 28 heavy (non-hydrogen) atoms. The second-order valence-electron chi connectivity index (χ2n) is 8.76. The lowest BCUT2D eigenvalue weighted by Crippen LogP contribution is -2.55. The summed E-state index contributed by atoms with van der Waals surface area (Å²) in [7, 11) is 1.63. The standard InChI is InChI=1S/C22H27N3O3/c1-27-18-4-2-15(3-5-18)22-24-20(28-25-22)7-6-19(26)23-21-16-9-13-8-14(11-16)12-17(21)10-13/h2-5,13-14,16-17,21H,6-12H2,1H3,(H,23,26). The number of carbonyl (C=O) groups excluding carboxylic acids is 1. The van der Waals surface area contributed by atoms with Crippen LogP contribution in [0, 0.1) is 23.7 Å². The summed E-state index contributed by atoms with van der Waals surface area (Å²) in [6.07, 6.45) is 7.55. The summed E-state index contributed by atoms with van der Waals surface area (Å²) in [4.78, 5) is 17.0. The van der Waals surface area contributed by atoms with Crippen LogP contribution in [-0.4, -0.2) is 29.2 Å². The first-order valence-electron chi connectivity index (χ1n) is 10.4. The van der Waals surface area contributed by atoms with Crippen LogP contribution < -0.4 is 10.1 Å². The quantitative estimate of drug-likeness (QED) is 0.827. The van der Waals surface area contributed by atoms with E-state index in [1.54, 1.807) is 7.11 Å². The van der Waals surface area contributed by atoms with Crippen molar-refractivity contribution >= 4 is 5.91 Å². The normalized spacial score (nSPS) is 30.4. The Labute approximate surface area is 165 Å². The smallest absolute Gasteiger partial charge is 0.227 e. The molecule has 0 saturated heterocycles. The zero-order valence-corrected chi connectivity index (χ0v) is 16.3. The molecule has 1 amide bonds. The number of nitrogens with one attached hydrogen (secondary N) is 1. The molecule has 1 heterocycles. The van der Waals surface area contributed by atoms with E-state index in [2.05, 4.69) is 15.5 Å². The number of ether oxygens (including phenoxy) is 1. The minimum absolute atomic E-state index is 0.113. The second-order valence-corrected chi connectivity index (χ2v) is 8.76. The van der Waals surface area contributed by atoms with Crippen molar-refractivity contribution in [2.45, 2.75) is 51.0 Å². The molecule has 4 saturated carbocycles. The van der Waals surface area contributed by atoms with Crippen molar-refractivity contribution in [1.29, 1.82) is 0 Å². The molecule has 0 aliphatic heterocycles. The number of hydrogen-bond acceptors (Lipinski definition) is 5. The summed E-state index contributed by atoms with van der Waals surface area (Å²) >= 11 is 0. The van der Waals surface area contributed by atoms with Gasteiger partial charge >= 0.3 is 0 Å². The summed E-state index contributed by atoms with van der Waals surface area (Å²) in [6.45, 7) is 0. The van der Waals surface area contributed by atoms with Crippen molar-refractivity contribution in [3.63, 3.8) is 0 Å². The Kier molecular flexibility index (Phi) is 4.57. The van der Waals surface area contributed by atoms with E-state index < -0.39 is 0 Å². The van der Waals surface area contributed by atoms with E-state index >= 15 is 0 Å². The number of carbonyl (C=O) groups is 1. The summed E-state index contributed by atoms with van der Waals surface area (Å²) < 4.78 is 10.5. The zero-order valence-electron chi connectivity index (χ0n) is 16.3. The summed E-state index contributed by atoms with van der Waals surface area (Å²) in [5, 5.41) is 7.38. The number of methoxy groups -OCH3 is 1. The highest BCUT2D eigenvalue weighted by Crippen LogP contribution is 2.53. The van der Waals surface area contributed by atoms with Crippen LogP contribution in [0.2, 0.25) is 0 Å². The maximum atomic E-state index is 12.5. The van der Waals surface area contributed by atoms with Gasteiger partial charge in [-0.25, -0.2) is 0 Å². The Morgan fingerprint density at radius 1 is 1.11 bits per heavy atom. The molecule has 1 aromatic carbocycles. The average molecular weight is 381 g/mol. The monoisotopic (exact) mass is 381 g/mol. The Bertz CT molecular complexity index is 817. The predicted molar refractivity (Wildman–Crippen MR) is 104 cm³/mol. The van der Waals surface area contributed by atoms with Gasteiger partial charge in [0.15, 0.2) is 0 Å². The fourth-order valence-electron chi connectivity index (χ4n) is 5.85. The maximum Gasteiger partial charge on any atom is 0.227 e. The van der Waals surface area contributed by atoms with Crippen LogP contribution in [0.3, 0.4) is 0 Å². The number of nitrogens with zero attached hydrogens (tertiary/aromatic N) is 2. The van der Waals surface area contributed by atoms with Gasteiger partial charge in [0.2, 0.25) is 17.6 Å². The number of hydrogen-bond donors (Lipinski definition) is 1. The van der Waals surface area contributed by atoms with Crippen LogP contribution in [0.1, 0.15) is 44.4 Å². The van der Waals surface area contributed by atoms with E-state index in [-0.39, 0.29) is 5.91 Å². The Morgan fingerprint density at radius 2 is 1.79 bits per heavy atom. The Morgan fingerprint density at radius 3 is 2.43 bits per heavy atom. The molecule has 0 atom stereocenters. The van der Waals surface area contributed by atoms with E-state index in [9.17, 15) is 4.79 Å². The SMILES string of the molecule is COc1ccc(-c2noc(CCC(=O)NC3C4CC5CC(C4)CC3C5)n2)cc1. The highest BCUT2D eigenvalue weighted by atomic mass is 16.5. The molecule has 0 spiro atoms. The first kappa shape index (κ1) is 17.7. The molecule has 6 rings (SSSR count). The number of benzene rings is 1. The molecule has 1 N–H and O–H groups in total. The van der Waals surface area contributed by atoms with Crippen molar-refractivity contribution in [2.24, 2.45) is 23.7 Å². The predicted octanol–water partition coefficient (Wildman–Crippen LogP) is 3.62. The topological polar surface area (TPSA) is 77.2 Å². The molecular formula is C22H27N3O3. The van der Waals surface area contributed by atoms with Gasteiger partial charge in [0, 0.05) is 24.4 Å². The molecule has 2 aromatic rings. The lowest BCUT2D eigenvalue weighted by molar-refractivity contribution is -0.125. The molecule has 0 radical (unpaired) electrons. The second kappa shape index (κ2) is 7.22. The number of amides is 1. The van der Waals surface area contributed by atoms with E-state index in [0.29, 0.717) is 42.4 Å². The molecule has 4 fully saturated rings. The van der Waals surface area contributed by atoms with Crippen molar-refractivity contribution in [1.82, 2.24) is 15.5 Å². The summed E-state index contributed by atoms with van der Waals surface area (Å²) in [5.74, 6) is 5.19. The van der Waals surface area contributed by atoms with Gasteiger partial charge in [-0.3, -0.25) is 4.79 Å². The van der Waals surface area contributed by atoms with Crippen LogP contribution in [0.5, 0.6) is 5.75 Å². The summed E-state index contributed by atoms with van der Waals surface area (Å²) in [5.41, 5.74) is 0.869. The largest absolute Gasteiger partial charge is 0.497 e. The van der Waals surface area contributed by atoms with E-state index in [1.807, 2.05) is 24.3 Å². The van der Waals surface area contributed by atoms with Gasteiger partial charge in [-0.2, -0.15) is 4.98 Å². The molecule has 0 unspecified atom stereocenters. The Balaban J connectivity index is 1.15. The van der Waals surface area contributed by atoms with Crippen LogP contribution in [0.25, 0.3) is 11.4 Å². The van der Waals surface area contributed by atoms with Crippen LogP contribution >= 0.6 is 0 Å². The van der Waals surface area contributed by atoms with Gasteiger partial charge in [0.1, 0.15) is 5.75 Å². The highest BCUT2D eigenvalue weighted by molar-refractivity contribution is 5.76. The van der Waals surface area contributed by atoms with Gasteiger partial charge in [-0.15, -0.1) is 0 Å². The number of aromatic nitrogens is 2. The van der Waals surface area contributed by atoms with Crippen LogP contribution in [-0.2, 0) is 11.2 Å². The molecule has 148 valence electrons. The summed E-state index contributed by atoms with van der Waals surface area (Å²) in [6, 6.07) is 7.91. The van der Waals surface area contributed by atoms with E-state index in [1.165, 1.54) is 32.1 Å². The first-order chi connectivity index (χ1) is 13.7. The van der Waals surface area contributed by atoms with Crippen LogP contribution in [0.4, 0.5) is 0 Å². The molecular weight excluding hydrogens is 354 g/mol. The molecule has 1 aromatic heterocycles. The van der Waals surface area contributed by atoms with Gasteiger partial charge in [-0.1, -0.05) is 5.16 Å². The van der Waals surface area contributed by atoms with E-state index in [0.717, 1.165) is 23.1 Å². The van der Waals surface area contributed by atoms with Gasteiger partial charge in [0.05, 0.1) is 7.11 Å². The lowest BCUT2D eigenvalue weighted by atomic mass is 9.54. The van der Waals surface area contributed by atoms with Gasteiger partial charge in [0.25, 0.3) is 0 Å². The molecule has 4 bridgehead atoms. The van der Waals surface area contributed by atoms with Crippen LogP contribution in [0.15, 0.2) is 28.8 Å². The van der Waals surface area contributed by atoms with Gasteiger partial charge in [-0.05, 0) is 80.0 Å². The van der Waals surface area contributed by atoms with E-state index in [4.69, 9.17) is 9.26 Å². The maximum absolute atomic E-state index is 12.5.